The molecule has 0 fully saturated rings. The smallest absolute Gasteiger partial charge is 0.315 e. The fourth-order valence-corrected chi connectivity index (χ4v) is 2.64. The summed E-state index contributed by atoms with van der Waals surface area (Å²) >= 11 is 0. The van der Waals surface area contributed by atoms with Crippen LogP contribution in [0, 0.1) is 6.92 Å². The molecular formula is C19H21N3O. The van der Waals surface area contributed by atoms with E-state index in [1.807, 2.05) is 30.3 Å². The Kier molecular flexibility index (Phi) is 4.62. The van der Waals surface area contributed by atoms with Gasteiger partial charge in [0.1, 0.15) is 0 Å². The average molecular weight is 307 g/mol. The van der Waals surface area contributed by atoms with Crippen LogP contribution >= 0.6 is 0 Å². The third-order valence-electron chi connectivity index (χ3n) is 3.81. The number of aromatic amines is 1. The number of fused-ring (bicyclic) bond motifs is 1. The van der Waals surface area contributed by atoms with E-state index in [-0.39, 0.29) is 6.03 Å². The molecule has 1 heterocycles. The normalized spacial score (nSPS) is 10.7. The molecule has 0 bridgehead atoms. The number of aromatic nitrogens is 1. The van der Waals surface area contributed by atoms with Gasteiger partial charge in [-0.2, -0.15) is 0 Å². The van der Waals surface area contributed by atoms with Gasteiger partial charge in [0.25, 0.3) is 0 Å². The van der Waals surface area contributed by atoms with Crippen LogP contribution in [0.5, 0.6) is 0 Å². The minimum atomic E-state index is -0.132. The first-order valence-electron chi connectivity index (χ1n) is 7.84. The van der Waals surface area contributed by atoms with Crippen LogP contribution in [0.4, 0.5) is 4.79 Å². The summed E-state index contributed by atoms with van der Waals surface area (Å²) in [7, 11) is 0. The maximum atomic E-state index is 11.8. The van der Waals surface area contributed by atoms with Crippen molar-refractivity contribution in [2.24, 2.45) is 0 Å². The molecule has 118 valence electrons. The van der Waals surface area contributed by atoms with E-state index in [0.29, 0.717) is 13.1 Å². The average Bonchev–Trinajstić information content (AvgIpc) is 2.93. The molecule has 0 spiro atoms. The second kappa shape index (κ2) is 7.01. The lowest BCUT2D eigenvalue weighted by molar-refractivity contribution is 0.240. The van der Waals surface area contributed by atoms with Crippen LogP contribution in [0.15, 0.2) is 54.6 Å². The van der Waals surface area contributed by atoms with Crippen molar-refractivity contribution >= 4 is 16.9 Å². The van der Waals surface area contributed by atoms with Gasteiger partial charge in [0.2, 0.25) is 0 Å². The van der Waals surface area contributed by atoms with Crippen molar-refractivity contribution in [3.63, 3.8) is 0 Å². The largest absolute Gasteiger partial charge is 0.359 e. The summed E-state index contributed by atoms with van der Waals surface area (Å²) in [6, 6.07) is 18.2. The van der Waals surface area contributed by atoms with Crippen LogP contribution in [-0.2, 0) is 13.0 Å². The van der Waals surface area contributed by atoms with E-state index in [4.69, 9.17) is 0 Å². The first-order valence-corrected chi connectivity index (χ1v) is 7.84. The SMILES string of the molecule is Cc1cc2cc(CCNC(=O)NCc3ccccc3)ccc2[nH]1. The fraction of sp³-hybridized carbons (Fsp3) is 0.211. The monoisotopic (exact) mass is 307 g/mol. The summed E-state index contributed by atoms with van der Waals surface area (Å²) in [6.07, 6.45) is 0.818. The number of rotatable bonds is 5. The third kappa shape index (κ3) is 4.13. The minimum absolute atomic E-state index is 0.132. The molecule has 0 radical (unpaired) electrons. The maximum absolute atomic E-state index is 11.8. The molecule has 0 atom stereocenters. The van der Waals surface area contributed by atoms with Gasteiger partial charge in [0.05, 0.1) is 0 Å². The van der Waals surface area contributed by atoms with E-state index >= 15 is 0 Å². The third-order valence-corrected chi connectivity index (χ3v) is 3.81. The topological polar surface area (TPSA) is 56.9 Å². The predicted molar refractivity (Wildman–Crippen MR) is 93.4 cm³/mol. The van der Waals surface area contributed by atoms with Crippen LogP contribution in [0.2, 0.25) is 0 Å². The first kappa shape index (κ1) is 15.2. The van der Waals surface area contributed by atoms with Crippen molar-refractivity contribution in [2.75, 3.05) is 6.54 Å². The van der Waals surface area contributed by atoms with Gasteiger partial charge in [-0.05, 0) is 48.1 Å². The molecule has 3 N–H and O–H groups in total. The second-order valence-corrected chi connectivity index (χ2v) is 5.72. The van der Waals surface area contributed by atoms with E-state index in [1.54, 1.807) is 0 Å². The number of hydrogen-bond donors (Lipinski definition) is 3. The Morgan fingerprint density at radius 2 is 1.83 bits per heavy atom. The van der Waals surface area contributed by atoms with Gasteiger partial charge in [-0.1, -0.05) is 36.4 Å². The summed E-state index contributed by atoms with van der Waals surface area (Å²) in [4.78, 5) is 15.1. The highest BCUT2D eigenvalue weighted by Crippen LogP contribution is 2.16. The zero-order valence-corrected chi connectivity index (χ0v) is 13.2. The van der Waals surface area contributed by atoms with Gasteiger partial charge in [-0.15, -0.1) is 0 Å². The van der Waals surface area contributed by atoms with Crippen LogP contribution in [0.1, 0.15) is 16.8 Å². The van der Waals surface area contributed by atoms with Gasteiger partial charge in [0.15, 0.2) is 0 Å². The molecule has 0 saturated heterocycles. The van der Waals surface area contributed by atoms with Crippen molar-refractivity contribution in [1.82, 2.24) is 15.6 Å². The van der Waals surface area contributed by atoms with Crippen molar-refractivity contribution in [1.29, 1.82) is 0 Å². The minimum Gasteiger partial charge on any atom is -0.359 e. The van der Waals surface area contributed by atoms with E-state index in [2.05, 4.69) is 46.8 Å². The number of hydrogen-bond acceptors (Lipinski definition) is 1. The fourth-order valence-electron chi connectivity index (χ4n) is 2.64. The Balaban J connectivity index is 1.45. The van der Waals surface area contributed by atoms with E-state index in [9.17, 15) is 4.79 Å². The quantitative estimate of drug-likeness (QED) is 0.663. The number of carbonyl (C=O) groups is 1. The highest BCUT2D eigenvalue weighted by molar-refractivity contribution is 5.81. The molecule has 0 aliphatic carbocycles. The molecule has 3 aromatic rings. The molecule has 2 aromatic carbocycles. The highest BCUT2D eigenvalue weighted by atomic mass is 16.2. The molecule has 0 aliphatic heterocycles. The lowest BCUT2D eigenvalue weighted by atomic mass is 10.1. The molecule has 3 rings (SSSR count). The summed E-state index contributed by atoms with van der Waals surface area (Å²) < 4.78 is 0. The summed E-state index contributed by atoms with van der Waals surface area (Å²) in [5, 5.41) is 6.98. The number of urea groups is 1. The Hall–Kier alpha value is -2.75. The van der Waals surface area contributed by atoms with Crippen LogP contribution < -0.4 is 10.6 Å². The van der Waals surface area contributed by atoms with Crippen LogP contribution in [-0.4, -0.2) is 17.6 Å². The molecule has 0 unspecified atom stereocenters. The number of carbonyl (C=O) groups excluding carboxylic acids is 1. The highest BCUT2D eigenvalue weighted by Gasteiger charge is 2.02. The van der Waals surface area contributed by atoms with Crippen LogP contribution in [0.3, 0.4) is 0 Å². The molecule has 0 aliphatic rings. The van der Waals surface area contributed by atoms with E-state index < -0.39 is 0 Å². The molecular weight excluding hydrogens is 286 g/mol. The van der Waals surface area contributed by atoms with Crippen molar-refractivity contribution in [3.8, 4) is 0 Å². The van der Waals surface area contributed by atoms with Crippen molar-refractivity contribution in [3.05, 3.63) is 71.4 Å². The van der Waals surface area contributed by atoms with Gasteiger partial charge in [0, 0.05) is 24.3 Å². The number of nitrogens with one attached hydrogen (secondary N) is 3. The zero-order valence-electron chi connectivity index (χ0n) is 13.2. The number of benzene rings is 2. The molecule has 4 nitrogen and oxygen atoms in total. The summed E-state index contributed by atoms with van der Waals surface area (Å²) in [6.45, 7) is 3.22. The lowest BCUT2D eigenvalue weighted by Gasteiger charge is -2.08. The predicted octanol–water partition coefficient (Wildman–Crippen LogP) is 3.52. The number of aryl methyl sites for hydroxylation is 1. The Bertz CT molecular complexity index is 793. The lowest BCUT2D eigenvalue weighted by Crippen LogP contribution is -2.36. The van der Waals surface area contributed by atoms with Crippen molar-refractivity contribution < 1.29 is 4.79 Å². The first-order chi connectivity index (χ1) is 11.2. The standard InChI is InChI=1S/C19H21N3O/c1-14-11-17-12-15(7-8-18(17)22-14)9-10-20-19(23)21-13-16-5-3-2-4-6-16/h2-8,11-12,22H,9-10,13H2,1H3,(H2,20,21,23). The number of H-pyrrole nitrogens is 1. The molecule has 23 heavy (non-hydrogen) atoms. The zero-order chi connectivity index (χ0) is 16.1. The molecule has 0 saturated carbocycles. The maximum Gasteiger partial charge on any atom is 0.315 e. The van der Waals surface area contributed by atoms with Gasteiger partial charge < -0.3 is 15.6 Å². The Morgan fingerprint density at radius 3 is 2.65 bits per heavy atom. The number of amides is 2. The Morgan fingerprint density at radius 1 is 1.00 bits per heavy atom. The summed E-state index contributed by atoms with van der Waals surface area (Å²) in [5.41, 5.74) is 4.63. The van der Waals surface area contributed by atoms with Crippen LogP contribution in [0.25, 0.3) is 10.9 Å². The van der Waals surface area contributed by atoms with Gasteiger partial charge in [-0.25, -0.2) is 4.79 Å². The molecule has 4 heteroatoms. The molecule has 1 aromatic heterocycles. The van der Waals surface area contributed by atoms with Crippen molar-refractivity contribution in [2.45, 2.75) is 19.9 Å². The van der Waals surface area contributed by atoms with E-state index in [1.165, 1.54) is 10.9 Å². The Labute approximate surface area is 135 Å². The molecule has 2 amide bonds. The second-order valence-electron chi connectivity index (χ2n) is 5.72. The van der Waals surface area contributed by atoms with Gasteiger partial charge in [-0.3, -0.25) is 0 Å². The summed E-state index contributed by atoms with van der Waals surface area (Å²) in [5.74, 6) is 0. The van der Waals surface area contributed by atoms with Gasteiger partial charge >= 0.3 is 6.03 Å². The van der Waals surface area contributed by atoms with E-state index in [0.717, 1.165) is 23.2 Å².